The molecule has 0 aliphatic carbocycles. The third-order valence-corrected chi connectivity index (χ3v) is 2.48. The van der Waals surface area contributed by atoms with Crippen LogP contribution in [0, 0.1) is 0 Å². The second-order valence-electron chi connectivity index (χ2n) is 4.14. The number of nitrogens with one attached hydrogen (secondary N) is 3. The molecule has 1 aliphatic heterocycles. The van der Waals surface area contributed by atoms with Gasteiger partial charge in [0.15, 0.2) is 0 Å². The molecule has 1 aliphatic rings. The van der Waals surface area contributed by atoms with Gasteiger partial charge in [-0.25, -0.2) is 4.79 Å². The largest absolute Gasteiger partial charge is 0.334 e. The van der Waals surface area contributed by atoms with Gasteiger partial charge in [0.1, 0.15) is 0 Å². The minimum Gasteiger partial charge on any atom is -0.334 e. The molecule has 6 nitrogen and oxygen atoms in total. The fraction of sp³-hybridized carbons (Fsp3) is 0.636. The SMILES string of the molecule is C=CCNC(=O)NC(=O)CN1CCN[C@@H](C)C1. The van der Waals surface area contributed by atoms with E-state index in [0.29, 0.717) is 12.6 Å². The molecule has 1 rings (SSSR count). The molecule has 0 aromatic rings. The lowest BCUT2D eigenvalue weighted by molar-refractivity contribution is -0.121. The summed E-state index contributed by atoms with van der Waals surface area (Å²) in [5, 5.41) is 8.06. The van der Waals surface area contributed by atoms with Crippen molar-refractivity contribution < 1.29 is 9.59 Å². The zero-order valence-corrected chi connectivity index (χ0v) is 10.2. The molecule has 17 heavy (non-hydrogen) atoms. The molecule has 3 amide bonds. The highest BCUT2D eigenvalue weighted by molar-refractivity contribution is 5.95. The van der Waals surface area contributed by atoms with Crippen molar-refractivity contribution in [1.29, 1.82) is 0 Å². The minimum atomic E-state index is -0.474. The van der Waals surface area contributed by atoms with Gasteiger partial charge < -0.3 is 10.6 Å². The second kappa shape index (κ2) is 7.03. The maximum Gasteiger partial charge on any atom is 0.321 e. The molecule has 1 atom stereocenters. The highest BCUT2D eigenvalue weighted by atomic mass is 16.2. The van der Waals surface area contributed by atoms with Crippen LogP contribution in [0.25, 0.3) is 0 Å². The number of urea groups is 1. The average Bonchev–Trinajstić information content (AvgIpc) is 2.26. The van der Waals surface area contributed by atoms with Gasteiger partial charge in [0.05, 0.1) is 6.54 Å². The van der Waals surface area contributed by atoms with Crippen LogP contribution in [0.2, 0.25) is 0 Å². The Morgan fingerprint density at radius 3 is 3.00 bits per heavy atom. The average molecular weight is 240 g/mol. The van der Waals surface area contributed by atoms with Crippen LogP contribution in [0.5, 0.6) is 0 Å². The van der Waals surface area contributed by atoms with Gasteiger partial charge in [0.25, 0.3) is 0 Å². The van der Waals surface area contributed by atoms with Crippen LogP contribution in [0.15, 0.2) is 12.7 Å². The molecule has 0 saturated carbocycles. The first kappa shape index (κ1) is 13.7. The van der Waals surface area contributed by atoms with Gasteiger partial charge in [0, 0.05) is 32.2 Å². The lowest BCUT2D eigenvalue weighted by Gasteiger charge is -2.31. The first-order chi connectivity index (χ1) is 8.11. The van der Waals surface area contributed by atoms with Crippen LogP contribution in [0.1, 0.15) is 6.92 Å². The van der Waals surface area contributed by atoms with Crippen molar-refractivity contribution in [3.8, 4) is 0 Å². The van der Waals surface area contributed by atoms with E-state index >= 15 is 0 Å². The van der Waals surface area contributed by atoms with Gasteiger partial charge in [-0.05, 0) is 6.92 Å². The van der Waals surface area contributed by atoms with Gasteiger partial charge in [-0.1, -0.05) is 6.08 Å². The summed E-state index contributed by atoms with van der Waals surface area (Å²) in [4.78, 5) is 24.8. The summed E-state index contributed by atoms with van der Waals surface area (Å²) in [6.07, 6.45) is 1.56. The van der Waals surface area contributed by atoms with Gasteiger partial charge in [-0.3, -0.25) is 15.0 Å². The fourth-order valence-electron chi connectivity index (χ4n) is 1.73. The van der Waals surface area contributed by atoms with E-state index in [4.69, 9.17) is 0 Å². The Hall–Kier alpha value is -1.40. The van der Waals surface area contributed by atoms with Crippen molar-refractivity contribution in [2.45, 2.75) is 13.0 Å². The number of rotatable bonds is 4. The van der Waals surface area contributed by atoms with E-state index in [2.05, 4.69) is 29.5 Å². The molecule has 3 N–H and O–H groups in total. The Bertz CT molecular complexity index is 293. The molecule has 0 aromatic heterocycles. The van der Waals surface area contributed by atoms with E-state index in [0.717, 1.165) is 19.6 Å². The van der Waals surface area contributed by atoms with Crippen molar-refractivity contribution in [2.24, 2.45) is 0 Å². The van der Waals surface area contributed by atoms with Crippen LogP contribution >= 0.6 is 0 Å². The van der Waals surface area contributed by atoms with Crippen LogP contribution in [0.3, 0.4) is 0 Å². The Balaban J connectivity index is 2.24. The molecule has 0 spiro atoms. The molecule has 6 heteroatoms. The number of imide groups is 1. The monoisotopic (exact) mass is 240 g/mol. The molecule has 0 radical (unpaired) electrons. The maximum atomic E-state index is 11.5. The third kappa shape index (κ3) is 5.46. The first-order valence-corrected chi connectivity index (χ1v) is 5.76. The van der Waals surface area contributed by atoms with Gasteiger partial charge in [0.2, 0.25) is 5.91 Å². The Morgan fingerprint density at radius 1 is 1.59 bits per heavy atom. The second-order valence-corrected chi connectivity index (χ2v) is 4.14. The summed E-state index contributed by atoms with van der Waals surface area (Å²) in [6.45, 7) is 8.67. The summed E-state index contributed by atoms with van der Waals surface area (Å²) in [7, 11) is 0. The molecule has 0 aromatic carbocycles. The number of hydrogen-bond donors (Lipinski definition) is 3. The Labute approximate surface area is 101 Å². The molecule has 0 bridgehead atoms. The highest BCUT2D eigenvalue weighted by Crippen LogP contribution is 1.97. The summed E-state index contributed by atoms with van der Waals surface area (Å²) < 4.78 is 0. The number of amides is 3. The van der Waals surface area contributed by atoms with E-state index in [1.54, 1.807) is 6.08 Å². The summed E-state index contributed by atoms with van der Waals surface area (Å²) in [6, 6.07) is -0.0933. The number of hydrogen-bond acceptors (Lipinski definition) is 4. The van der Waals surface area contributed by atoms with Crippen molar-refractivity contribution in [1.82, 2.24) is 20.9 Å². The van der Waals surface area contributed by atoms with Gasteiger partial charge in [-0.2, -0.15) is 0 Å². The topological polar surface area (TPSA) is 73.5 Å². The van der Waals surface area contributed by atoms with E-state index < -0.39 is 6.03 Å². The van der Waals surface area contributed by atoms with Crippen molar-refractivity contribution >= 4 is 11.9 Å². The summed E-state index contributed by atoms with van der Waals surface area (Å²) in [5.74, 6) is -0.277. The minimum absolute atomic E-state index is 0.257. The Morgan fingerprint density at radius 2 is 2.35 bits per heavy atom. The van der Waals surface area contributed by atoms with Gasteiger partial charge >= 0.3 is 6.03 Å². The molecule has 1 fully saturated rings. The van der Waals surface area contributed by atoms with E-state index in [1.807, 2.05) is 4.90 Å². The third-order valence-electron chi connectivity index (χ3n) is 2.48. The zero-order valence-electron chi connectivity index (χ0n) is 10.2. The van der Waals surface area contributed by atoms with Crippen LogP contribution in [-0.4, -0.2) is 55.6 Å². The molecule has 96 valence electrons. The van der Waals surface area contributed by atoms with Crippen LogP contribution < -0.4 is 16.0 Å². The standard InChI is InChI=1S/C11H20N4O2/c1-3-4-13-11(17)14-10(16)8-15-6-5-12-9(2)7-15/h3,9,12H,1,4-8H2,2H3,(H2,13,14,16,17)/t9-/m0/s1. The van der Waals surface area contributed by atoms with E-state index in [9.17, 15) is 9.59 Å². The zero-order chi connectivity index (χ0) is 12.7. The van der Waals surface area contributed by atoms with E-state index in [-0.39, 0.29) is 12.5 Å². The predicted octanol–water partition coefficient (Wildman–Crippen LogP) is -0.708. The van der Waals surface area contributed by atoms with Crippen LogP contribution in [-0.2, 0) is 4.79 Å². The molecule has 0 unspecified atom stereocenters. The van der Waals surface area contributed by atoms with Gasteiger partial charge in [-0.15, -0.1) is 6.58 Å². The molecular formula is C11H20N4O2. The van der Waals surface area contributed by atoms with Crippen molar-refractivity contribution in [3.63, 3.8) is 0 Å². The predicted molar refractivity (Wildman–Crippen MR) is 65.6 cm³/mol. The molecular weight excluding hydrogens is 220 g/mol. The normalized spacial score (nSPS) is 20.6. The molecule has 1 heterocycles. The van der Waals surface area contributed by atoms with Crippen molar-refractivity contribution in [2.75, 3.05) is 32.7 Å². The lowest BCUT2D eigenvalue weighted by atomic mass is 10.2. The Kier molecular flexibility index (Phi) is 5.65. The smallest absolute Gasteiger partial charge is 0.321 e. The van der Waals surface area contributed by atoms with Crippen molar-refractivity contribution in [3.05, 3.63) is 12.7 Å². The summed E-state index contributed by atoms with van der Waals surface area (Å²) >= 11 is 0. The number of carbonyl (C=O) groups excluding carboxylic acids is 2. The molecule has 1 saturated heterocycles. The first-order valence-electron chi connectivity index (χ1n) is 5.76. The number of nitrogens with zero attached hydrogens (tertiary/aromatic N) is 1. The van der Waals surface area contributed by atoms with Crippen LogP contribution in [0.4, 0.5) is 4.79 Å². The fourth-order valence-corrected chi connectivity index (χ4v) is 1.73. The van der Waals surface area contributed by atoms with E-state index in [1.165, 1.54) is 0 Å². The maximum absolute atomic E-state index is 11.5. The lowest BCUT2D eigenvalue weighted by Crippen LogP contribution is -2.53. The number of carbonyl (C=O) groups is 2. The number of piperazine rings is 1. The quantitative estimate of drug-likeness (QED) is 0.568. The highest BCUT2D eigenvalue weighted by Gasteiger charge is 2.18. The summed E-state index contributed by atoms with van der Waals surface area (Å²) in [5.41, 5.74) is 0.